The molecule has 0 unspecified atom stereocenters. The van der Waals surface area contributed by atoms with Gasteiger partial charge in [0, 0.05) is 13.0 Å². The maximum Gasteiger partial charge on any atom is 0.161 e. The molecule has 0 heterocycles. The summed E-state index contributed by atoms with van der Waals surface area (Å²) >= 11 is 0. The van der Waals surface area contributed by atoms with Crippen molar-refractivity contribution in [1.29, 1.82) is 0 Å². The van der Waals surface area contributed by atoms with Gasteiger partial charge in [0.15, 0.2) is 11.5 Å². The summed E-state index contributed by atoms with van der Waals surface area (Å²) in [4.78, 5) is 0. The van der Waals surface area contributed by atoms with Crippen molar-refractivity contribution in [3.8, 4) is 11.5 Å². The predicted octanol–water partition coefficient (Wildman–Crippen LogP) is 4.16. The summed E-state index contributed by atoms with van der Waals surface area (Å²) in [5.41, 5.74) is 4.27. The van der Waals surface area contributed by atoms with Crippen molar-refractivity contribution in [1.82, 2.24) is 5.32 Å². The Balaban J connectivity index is 1.41. The van der Waals surface area contributed by atoms with Crippen molar-refractivity contribution >= 4 is 0 Å². The highest BCUT2D eigenvalue weighted by molar-refractivity contribution is 5.43. The van der Waals surface area contributed by atoms with E-state index in [1.54, 1.807) is 19.2 Å². The van der Waals surface area contributed by atoms with Gasteiger partial charge in [-0.2, -0.15) is 0 Å². The second-order valence-electron chi connectivity index (χ2n) is 7.23. The Morgan fingerprint density at radius 1 is 1.00 bits per heavy atom. The van der Waals surface area contributed by atoms with Gasteiger partial charge in [-0.15, -0.1) is 0 Å². The standard InChI is InChI=1S/C24H24FNO3/c1-28-23-12-17(8-11-22(23)29-15-16-6-9-19(25)10-7-16)14-26-24-20-5-3-2-4-18(20)13-21(24)27/h2-12,21,24,26-27H,13-15H2,1H3/t21-,24+/m0/s1. The molecule has 0 radical (unpaired) electrons. The number of fused-ring (bicyclic) bond motifs is 1. The van der Waals surface area contributed by atoms with Crippen molar-refractivity contribution in [3.63, 3.8) is 0 Å². The molecule has 0 aliphatic heterocycles. The SMILES string of the molecule is COc1cc(CN[C@@H]2c3ccccc3C[C@@H]2O)ccc1OCc1ccc(F)cc1. The van der Waals surface area contributed by atoms with E-state index < -0.39 is 6.10 Å². The molecule has 0 saturated heterocycles. The minimum atomic E-state index is -0.424. The Kier molecular flexibility index (Phi) is 5.79. The maximum atomic E-state index is 13.0. The van der Waals surface area contributed by atoms with Gasteiger partial charge in [-0.1, -0.05) is 42.5 Å². The molecule has 0 fully saturated rings. The quantitative estimate of drug-likeness (QED) is 0.633. The molecule has 2 N–H and O–H groups in total. The zero-order valence-electron chi connectivity index (χ0n) is 16.3. The van der Waals surface area contributed by atoms with Crippen LogP contribution in [0.4, 0.5) is 4.39 Å². The first-order chi connectivity index (χ1) is 14.1. The molecule has 0 saturated carbocycles. The van der Waals surface area contributed by atoms with E-state index in [0.717, 1.165) is 16.7 Å². The average Bonchev–Trinajstić information content (AvgIpc) is 3.07. The van der Waals surface area contributed by atoms with E-state index in [4.69, 9.17) is 9.47 Å². The number of ether oxygens (including phenoxy) is 2. The van der Waals surface area contributed by atoms with Gasteiger partial charge < -0.3 is 19.9 Å². The topological polar surface area (TPSA) is 50.7 Å². The lowest BCUT2D eigenvalue weighted by molar-refractivity contribution is 0.140. The third kappa shape index (κ3) is 4.42. The molecular weight excluding hydrogens is 369 g/mol. The molecule has 150 valence electrons. The second-order valence-corrected chi connectivity index (χ2v) is 7.23. The van der Waals surface area contributed by atoms with Crippen LogP contribution in [0.5, 0.6) is 11.5 Å². The molecule has 2 atom stereocenters. The molecule has 0 bridgehead atoms. The van der Waals surface area contributed by atoms with E-state index in [1.165, 1.54) is 17.7 Å². The summed E-state index contributed by atoms with van der Waals surface area (Å²) in [5, 5.41) is 13.9. The molecule has 3 aromatic rings. The van der Waals surface area contributed by atoms with E-state index >= 15 is 0 Å². The molecule has 29 heavy (non-hydrogen) atoms. The smallest absolute Gasteiger partial charge is 0.161 e. The number of rotatable bonds is 7. The molecule has 0 spiro atoms. The summed E-state index contributed by atoms with van der Waals surface area (Å²) in [5.74, 6) is 1.00. The minimum absolute atomic E-state index is 0.0772. The highest BCUT2D eigenvalue weighted by atomic mass is 19.1. The Morgan fingerprint density at radius 3 is 2.55 bits per heavy atom. The molecule has 3 aromatic carbocycles. The van der Waals surface area contributed by atoms with Crippen molar-refractivity contribution in [2.75, 3.05) is 7.11 Å². The number of nitrogens with one attached hydrogen (secondary N) is 1. The van der Waals surface area contributed by atoms with Gasteiger partial charge in [0.2, 0.25) is 0 Å². The van der Waals surface area contributed by atoms with Crippen LogP contribution in [0.15, 0.2) is 66.7 Å². The second kappa shape index (κ2) is 8.64. The highest BCUT2D eigenvalue weighted by Crippen LogP contribution is 2.32. The zero-order chi connectivity index (χ0) is 20.2. The minimum Gasteiger partial charge on any atom is -0.493 e. The fourth-order valence-electron chi connectivity index (χ4n) is 3.73. The highest BCUT2D eigenvalue weighted by Gasteiger charge is 2.30. The first-order valence-electron chi connectivity index (χ1n) is 9.67. The van der Waals surface area contributed by atoms with Crippen LogP contribution in [0.2, 0.25) is 0 Å². The predicted molar refractivity (Wildman–Crippen MR) is 109 cm³/mol. The zero-order valence-corrected chi connectivity index (χ0v) is 16.3. The molecule has 0 amide bonds. The lowest BCUT2D eigenvalue weighted by Gasteiger charge is -2.19. The summed E-state index contributed by atoms with van der Waals surface area (Å²) in [7, 11) is 1.61. The monoisotopic (exact) mass is 393 g/mol. The van der Waals surface area contributed by atoms with E-state index in [2.05, 4.69) is 17.4 Å². The van der Waals surface area contributed by atoms with Gasteiger partial charge in [0.1, 0.15) is 12.4 Å². The number of hydrogen-bond donors (Lipinski definition) is 2. The number of methoxy groups -OCH3 is 1. The molecule has 4 rings (SSSR count). The van der Waals surface area contributed by atoms with Gasteiger partial charge in [-0.3, -0.25) is 0 Å². The van der Waals surface area contributed by atoms with E-state index in [1.807, 2.05) is 30.3 Å². The number of halogens is 1. The van der Waals surface area contributed by atoms with E-state index in [0.29, 0.717) is 31.1 Å². The van der Waals surface area contributed by atoms with Crippen LogP contribution >= 0.6 is 0 Å². The van der Waals surface area contributed by atoms with Crippen LogP contribution in [-0.2, 0) is 19.6 Å². The van der Waals surface area contributed by atoms with Crippen molar-refractivity contribution in [2.24, 2.45) is 0 Å². The van der Waals surface area contributed by atoms with Crippen molar-refractivity contribution in [2.45, 2.75) is 31.7 Å². The van der Waals surface area contributed by atoms with Crippen molar-refractivity contribution < 1.29 is 19.0 Å². The summed E-state index contributed by atoms with van der Waals surface area (Å²) in [6.07, 6.45) is 0.250. The third-order valence-electron chi connectivity index (χ3n) is 5.27. The number of hydrogen-bond acceptors (Lipinski definition) is 4. The maximum absolute atomic E-state index is 13.0. The van der Waals surface area contributed by atoms with E-state index in [-0.39, 0.29) is 11.9 Å². The molecule has 5 heteroatoms. The largest absolute Gasteiger partial charge is 0.493 e. The fraction of sp³-hybridized carbons (Fsp3) is 0.250. The summed E-state index contributed by atoms with van der Waals surface area (Å²) in [6, 6.07) is 20.1. The van der Waals surface area contributed by atoms with Gasteiger partial charge in [-0.05, 0) is 46.5 Å². The molecule has 1 aliphatic carbocycles. The molecule has 0 aromatic heterocycles. The first kappa shape index (κ1) is 19.4. The van der Waals surface area contributed by atoms with Gasteiger partial charge >= 0.3 is 0 Å². The Labute approximate surface area is 169 Å². The van der Waals surface area contributed by atoms with Crippen LogP contribution in [0.25, 0.3) is 0 Å². The van der Waals surface area contributed by atoms with Crippen LogP contribution in [0.1, 0.15) is 28.3 Å². The number of aliphatic hydroxyl groups excluding tert-OH is 1. The van der Waals surface area contributed by atoms with Crippen LogP contribution in [0.3, 0.4) is 0 Å². The molecule has 1 aliphatic rings. The van der Waals surface area contributed by atoms with Crippen LogP contribution in [-0.4, -0.2) is 18.3 Å². The third-order valence-corrected chi connectivity index (χ3v) is 5.27. The van der Waals surface area contributed by atoms with Crippen LogP contribution in [0, 0.1) is 5.82 Å². The van der Waals surface area contributed by atoms with Gasteiger partial charge in [-0.25, -0.2) is 4.39 Å². The fourth-order valence-corrected chi connectivity index (χ4v) is 3.73. The number of benzene rings is 3. The van der Waals surface area contributed by atoms with Crippen molar-refractivity contribution in [3.05, 3.63) is 94.8 Å². The lowest BCUT2D eigenvalue weighted by atomic mass is 10.1. The van der Waals surface area contributed by atoms with Gasteiger partial charge in [0.05, 0.1) is 19.3 Å². The van der Waals surface area contributed by atoms with E-state index in [9.17, 15) is 9.50 Å². The Hall–Kier alpha value is -2.89. The Morgan fingerprint density at radius 2 is 1.76 bits per heavy atom. The lowest BCUT2D eigenvalue weighted by Crippen LogP contribution is -2.28. The van der Waals surface area contributed by atoms with Gasteiger partial charge in [0.25, 0.3) is 0 Å². The first-order valence-corrected chi connectivity index (χ1v) is 9.67. The molecular formula is C24H24FNO3. The summed E-state index contributed by atoms with van der Waals surface area (Å²) < 4.78 is 24.3. The normalized spacial score (nSPS) is 17.8. The Bertz CT molecular complexity index is 974. The summed E-state index contributed by atoms with van der Waals surface area (Å²) in [6.45, 7) is 0.934. The number of aliphatic hydroxyl groups is 1. The van der Waals surface area contributed by atoms with Crippen LogP contribution < -0.4 is 14.8 Å². The molecule has 4 nitrogen and oxygen atoms in total. The average molecular weight is 393 g/mol.